The van der Waals surface area contributed by atoms with Crippen LogP contribution in [0.5, 0.6) is 5.75 Å². The standard InChI is InChI=1S/C22H16F5N5O4S/c1-31-18-16(19(34)32(2)21(31)35)10(3-4-28-18)7-15(33)30-20-29-14(8-37-20)11-5-12(23)17(13(24)6-11)36-9-22(25,26)27/h3-6,8,16H,7,9H2,1-2H3/p+1. The van der Waals surface area contributed by atoms with Crippen molar-refractivity contribution in [2.24, 2.45) is 10.9 Å². The van der Waals surface area contributed by atoms with E-state index < -0.39 is 53.9 Å². The number of ether oxygens (including phenoxy) is 1. The summed E-state index contributed by atoms with van der Waals surface area (Å²) in [6.07, 6.45) is -2.12. The molecule has 4 amide bonds. The lowest BCUT2D eigenvalue weighted by atomic mass is 9.90. The smallest absolute Gasteiger partial charge is 0.445 e. The number of fused-ring (bicyclic) bond motifs is 1. The summed E-state index contributed by atoms with van der Waals surface area (Å²) in [5.74, 6) is -5.66. The predicted octanol–water partition coefficient (Wildman–Crippen LogP) is 3.62. The molecule has 9 nitrogen and oxygen atoms in total. The summed E-state index contributed by atoms with van der Waals surface area (Å²) in [4.78, 5) is 46.6. The molecule has 0 bridgehead atoms. The second kappa shape index (κ2) is 9.80. The van der Waals surface area contributed by atoms with Crippen molar-refractivity contribution >= 4 is 46.4 Å². The van der Waals surface area contributed by atoms with Gasteiger partial charge in [-0.3, -0.25) is 9.59 Å². The number of hydrogen-bond donors (Lipinski definition) is 1. The molecule has 194 valence electrons. The number of alkyl halides is 3. The summed E-state index contributed by atoms with van der Waals surface area (Å²) in [6.45, 7) is -1.86. The highest BCUT2D eigenvalue weighted by Crippen LogP contribution is 2.32. The molecule has 0 fully saturated rings. The molecule has 0 saturated carbocycles. The van der Waals surface area contributed by atoms with Crippen LogP contribution in [0.15, 0.2) is 34.2 Å². The van der Waals surface area contributed by atoms with Crippen LogP contribution in [0.1, 0.15) is 6.42 Å². The first kappa shape index (κ1) is 26.1. The lowest BCUT2D eigenvalue weighted by Crippen LogP contribution is -2.52. The van der Waals surface area contributed by atoms with E-state index in [9.17, 15) is 36.3 Å². The zero-order chi connectivity index (χ0) is 27.1. The van der Waals surface area contributed by atoms with Crippen molar-refractivity contribution in [1.82, 2.24) is 9.88 Å². The van der Waals surface area contributed by atoms with Gasteiger partial charge in [-0.2, -0.15) is 22.6 Å². The van der Waals surface area contributed by atoms with Gasteiger partial charge in [0.2, 0.25) is 5.91 Å². The highest BCUT2D eigenvalue weighted by molar-refractivity contribution is 7.14. The molecule has 2 aliphatic rings. The molecule has 1 unspecified atom stereocenters. The molecule has 1 aromatic heterocycles. The number of aliphatic imine (C=N–C) groups is 1. The van der Waals surface area contributed by atoms with E-state index in [0.717, 1.165) is 28.4 Å². The molecule has 1 aromatic carbocycles. The molecule has 4 rings (SSSR count). The van der Waals surface area contributed by atoms with Crippen LogP contribution >= 0.6 is 11.3 Å². The Hall–Kier alpha value is -4.01. The minimum Gasteiger partial charge on any atom is -0.478 e. The minimum absolute atomic E-state index is 0.0596. The van der Waals surface area contributed by atoms with Gasteiger partial charge in [0.05, 0.1) is 19.8 Å². The number of amides is 4. The van der Waals surface area contributed by atoms with E-state index in [1.165, 1.54) is 36.3 Å². The number of hydrogen-bond acceptors (Lipinski definition) is 7. The summed E-state index contributed by atoms with van der Waals surface area (Å²) >= 11 is 0.942. The molecule has 2 aliphatic heterocycles. The molecule has 1 N–H and O–H groups in total. The maximum absolute atomic E-state index is 14.2. The van der Waals surface area contributed by atoms with Gasteiger partial charge in [0, 0.05) is 17.4 Å². The zero-order valence-electron chi connectivity index (χ0n) is 19.1. The summed E-state index contributed by atoms with van der Waals surface area (Å²) < 4.78 is 70.7. The first-order chi connectivity index (χ1) is 17.4. The number of carbonyl (C=O) groups is 3. The molecule has 3 heterocycles. The number of imide groups is 1. The summed E-state index contributed by atoms with van der Waals surface area (Å²) in [5.41, 5.74) is 0.374. The summed E-state index contributed by atoms with van der Waals surface area (Å²) in [5, 5.41) is 3.99. The molecular weight excluding hydrogens is 525 g/mol. The van der Waals surface area contributed by atoms with Crippen molar-refractivity contribution in [2.75, 3.05) is 26.0 Å². The van der Waals surface area contributed by atoms with Crippen LogP contribution in [-0.2, 0) is 9.59 Å². The predicted molar refractivity (Wildman–Crippen MR) is 122 cm³/mol. The fraction of sp³-hybridized carbons (Fsp3) is 0.273. The van der Waals surface area contributed by atoms with Gasteiger partial charge in [0.1, 0.15) is 6.21 Å². The molecule has 0 radical (unpaired) electrons. The molecule has 15 heteroatoms. The van der Waals surface area contributed by atoms with Gasteiger partial charge in [0.25, 0.3) is 5.84 Å². The van der Waals surface area contributed by atoms with Crippen LogP contribution in [0.4, 0.5) is 31.9 Å². The van der Waals surface area contributed by atoms with E-state index in [0.29, 0.717) is 5.57 Å². The lowest BCUT2D eigenvalue weighted by molar-refractivity contribution is -0.407. The normalized spacial score (nSPS) is 17.6. The van der Waals surface area contributed by atoms with E-state index in [4.69, 9.17) is 0 Å². The van der Waals surface area contributed by atoms with Gasteiger partial charge in [-0.05, 0) is 23.8 Å². The van der Waals surface area contributed by atoms with Crippen LogP contribution in [0.3, 0.4) is 0 Å². The number of dihydropyridines is 1. The molecule has 0 aliphatic carbocycles. The fourth-order valence-corrected chi connectivity index (χ4v) is 4.42. The fourth-order valence-electron chi connectivity index (χ4n) is 3.68. The van der Waals surface area contributed by atoms with Crippen molar-refractivity contribution in [1.29, 1.82) is 0 Å². The Balaban J connectivity index is 1.46. The average Bonchev–Trinajstić information content (AvgIpc) is 3.28. The van der Waals surface area contributed by atoms with Crippen LogP contribution < -0.4 is 10.1 Å². The largest absolute Gasteiger partial charge is 0.478 e. The Bertz CT molecular complexity index is 1370. The number of amidine groups is 1. The Morgan fingerprint density at radius 1 is 1.24 bits per heavy atom. The number of urea groups is 1. The highest BCUT2D eigenvalue weighted by Gasteiger charge is 2.47. The van der Waals surface area contributed by atoms with Gasteiger partial charge in [-0.1, -0.05) is 0 Å². The third-order valence-corrected chi connectivity index (χ3v) is 6.17. The first-order valence-electron chi connectivity index (χ1n) is 10.4. The second-order valence-electron chi connectivity index (χ2n) is 7.99. The second-order valence-corrected chi connectivity index (χ2v) is 8.84. The number of benzene rings is 1. The molecule has 0 spiro atoms. The number of rotatable bonds is 6. The van der Waals surface area contributed by atoms with Crippen LogP contribution in [0.25, 0.3) is 11.3 Å². The molecule has 1 atom stereocenters. The Kier molecular flexibility index (Phi) is 6.90. The van der Waals surface area contributed by atoms with Crippen LogP contribution in [-0.4, -0.2) is 71.2 Å². The maximum atomic E-state index is 14.2. The van der Waals surface area contributed by atoms with E-state index >= 15 is 0 Å². The van der Waals surface area contributed by atoms with Gasteiger partial charge < -0.3 is 10.1 Å². The van der Waals surface area contributed by atoms with Crippen molar-refractivity contribution in [3.05, 3.63) is 40.8 Å². The average molecular weight is 542 g/mol. The van der Waals surface area contributed by atoms with Gasteiger partial charge in [0.15, 0.2) is 35.0 Å². The number of allylic oxidation sites excluding steroid dienone is 1. The Labute approximate surface area is 209 Å². The van der Waals surface area contributed by atoms with E-state index in [2.05, 4.69) is 20.0 Å². The number of nitrogens with one attached hydrogen (secondary N) is 1. The molecule has 0 saturated heterocycles. The van der Waals surface area contributed by atoms with E-state index in [1.54, 1.807) is 0 Å². The number of anilines is 1. The summed E-state index contributed by atoms with van der Waals surface area (Å²) in [6, 6.07) is 0.978. The number of thiazole rings is 1. The highest BCUT2D eigenvalue weighted by atomic mass is 32.1. The molecular formula is C22H17F5N5O4S+. The number of nitrogens with zero attached hydrogens (tertiary/aromatic N) is 4. The topological polar surface area (TPSA) is 104 Å². The lowest BCUT2D eigenvalue weighted by Gasteiger charge is -2.26. The summed E-state index contributed by atoms with van der Waals surface area (Å²) in [7, 11) is 2.79. The van der Waals surface area contributed by atoms with Crippen LogP contribution in [0.2, 0.25) is 0 Å². The van der Waals surface area contributed by atoms with Gasteiger partial charge in [-0.15, -0.1) is 16.3 Å². The van der Waals surface area contributed by atoms with Crippen molar-refractivity contribution in [3.63, 3.8) is 0 Å². The third kappa shape index (κ3) is 5.40. The Morgan fingerprint density at radius 2 is 1.92 bits per heavy atom. The van der Waals surface area contributed by atoms with Crippen LogP contribution in [0, 0.1) is 17.6 Å². The maximum Gasteiger partial charge on any atom is 0.445 e. The van der Waals surface area contributed by atoms with Gasteiger partial charge >= 0.3 is 18.1 Å². The van der Waals surface area contributed by atoms with Crippen molar-refractivity contribution in [2.45, 2.75) is 12.6 Å². The molecule has 2 aromatic rings. The quantitative estimate of drug-likeness (QED) is 0.444. The van der Waals surface area contributed by atoms with E-state index in [-0.39, 0.29) is 28.6 Å². The number of carbonyl (C=O) groups excluding carboxylic acids is 3. The SMILES string of the molecule is CN1C(=O)C2C(CC(=O)Nc3nc(-c4cc(F)c(OCC(F)(F)F)c(F)c4)cs3)=CC=NC2=[N+](C)C1=O. The van der Waals surface area contributed by atoms with E-state index in [1.807, 2.05) is 0 Å². The molecule has 37 heavy (non-hydrogen) atoms. The Morgan fingerprint density at radius 3 is 2.57 bits per heavy atom. The van der Waals surface area contributed by atoms with Crippen molar-refractivity contribution in [3.8, 4) is 17.0 Å². The third-order valence-electron chi connectivity index (χ3n) is 5.41. The van der Waals surface area contributed by atoms with Crippen molar-refractivity contribution < 1.29 is 45.6 Å². The minimum atomic E-state index is -4.77. The monoisotopic (exact) mass is 542 g/mol. The van der Waals surface area contributed by atoms with Gasteiger partial charge in [-0.25, -0.2) is 18.6 Å². The zero-order valence-corrected chi connectivity index (χ0v) is 19.9. The number of aromatic nitrogens is 1. The first-order valence-corrected chi connectivity index (χ1v) is 11.3. The number of halogens is 5.